The van der Waals surface area contributed by atoms with Gasteiger partial charge in [-0.3, -0.25) is 23.3 Å². The van der Waals surface area contributed by atoms with Gasteiger partial charge in [-0.2, -0.15) is 0 Å². The summed E-state index contributed by atoms with van der Waals surface area (Å²) >= 11 is 8.00. The topological polar surface area (TPSA) is 155 Å². The summed E-state index contributed by atoms with van der Waals surface area (Å²) in [5, 5.41) is 0.621. The van der Waals surface area contributed by atoms with Gasteiger partial charge in [-0.25, -0.2) is 21.4 Å². The van der Waals surface area contributed by atoms with Gasteiger partial charge in [-0.15, -0.1) is 11.8 Å². The molecule has 0 radical (unpaired) electrons. The number of phosphoric ester groups is 1. The highest BCUT2D eigenvalue weighted by Crippen LogP contribution is 2.56. The Labute approximate surface area is 454 Å². The molecule has 2 atom stereocenters. The van der Waals surface area contributed by atoms with Crippen molar-refractivity contribution >= 4 is 62.3 Å². The maximum Gasteiger partial charge on any atom is 0.477 e. The first-order valence-corrected chi connectivity index (χ1v) is 31.8. The van der Waals surface area contributed by atoms with Crippen molar-refractivity contribution in [1.29, 1.82) is 0 Å². The van der Waals surface area contributed by atoms with E-state index in [2.05, 4.69) is 21.9 Å². The zero-order valence-corrected chi connectivity index (χ0v) is 48.2. The molecule has 7 rings (SSSR count). The van der Waals surface area contributed by atoms with Crippen molar-refractivity contribution in [2.75, 3.05) is 75.4 Å². The van der Waals surface area contributed by atoms with Crippen LogP contribution in [-0.4, -0.2) is 109 Å². The highest BCUT2D eigenvalue weighted by Gasteiger charge is 2.39. The number of benzene rings is 5. The van der Waals surface area contributed by atoms with Gasteiger partial charge in [0, 0.05) is 59.4 Å². The second-order valence-electron chi connectivity index (χ2n) is 21.3. The number of carbonyl (C=O) groups is 1. The third-order valence-corrected chi connectivity index (χ3v) is 19.2. The lowest BCUT2D eigenvalue weighted by molar-refractivity contribution is -0.0933. The van der Waals surface area contributed by atoms with Crippen LogP contribution in [0.25, 0.3) is 11.1 Å². The number of thioether (sulfide) groups is 1. The Morgan fingerprint density at radius 2 is 1.43 bits per heavy atom. The predicted octanol–water partition coefficient (Wildman–Crippen LogP) is 12.4. The number of halogens is 1. The van der Waals surface area contributed by atoms with Gasteiger partial charge >= 0.3 is 7.82 Å². The average Bonchev–Trinajstić information content (AvgIpc) is 3.36. The van der Waals surface area contributed by atoms with E-state index in [9.17, 15) is 26.2 Å². The lowest BCUT2D eigenvalue weighted by atomic mass is 9.84. The van der Waals surface area contributed by atoms with Crippen LogP contribution in [0.4, 0.5) is 5.69 Å². The van der Waals surface area contributed by atoms with Gasteiger partial charge in [0.25, 0.3) is 0 Å². The zero-order chi connectivity index (χ0) is 54.0. The predicted molar refractivity (Wildman–Crippen MR) is 299 cm³/mol. The van der Waals surface area contributed by atoms with Crippen LogP contribution in [0.3, 0.4) is 0 Å². The van der Waals surface area contributed by atoms with E-state index in [1.807, 2.05) is 78.9 Å². The molecular weight excluding hydrogens is 1050 g/mol. The number of morpholine rings is 1. The maximum atomic E-state index is 14.0. The fourth-order valence-electron chi connectivity index (χ4n) is 9.40. The van der Waals surface area contributed by atoms with Gasteiger partial charge in [0.15, 0.2) is 32.3 Å². The summed E-state index contributed by atoms with van der Waals surface area (Å²) in [6.45, 7) is 15.5. The number of rotatable bonds is 23. The van der Waals surface area contributed by atoms with Crippen molar-refractivity contribution in [3.63, 3.8) is 0 Å². The quantitative estimate of drug-likeness (QED) is 0.0264. The lowest BCUT2D eigenvalue weighted by Gasteiger charge is -2.38. The number of piperidine rings is 1. The summed E-state index contributed by atoms with van der Waals surface area (Å²) in [5.74, 6) is -0.553. The van der Waals surface area contributed by atoms with E-state index in [4.69, 9.17) is 34.6 Å². The molecule has 0 amide bonds. The second kappa shape index (κ2) is 25.7. The lowest BCUT2D eigenvalue weighted by Crippen LogP contribution is -2.37. The molecule has 18 heteroatoms. The minimum Gasteiger partial charge on any atom is -0.379 e. The third kappa shape index (κ3) is 17.6. The molecule has 13 nitrogen and oxygen atoms in total. The summed E-state index contributed by atoms with van der Waals surface area (Å²) in [6, 6.07) is 36.9. The molecule has 2 heterocycles. The Morgan fingerprint density at radius 3 is 2.05 bits per heavy atom. The molecule has 2 aliphatic rings. The van der Waals surface area contributed by atoms with Crippen molar-refractivity contribution in [2.24, 2.45) is 11.8 Å². The molecule has 0 saturated carbocycles. The highest BCUT2D eigenvalue weighted by molar-refractivity contribution is 7.99. The number of anilines is 1. The van der Waals surface area contributed by atoms with Gasteiger partial charge < -0.3 is 14.4 Å². The summed E-state index contributed by atoms with van der Waals surface area (Å²) in [5.41, 5.74) is 2.86. The van der Waals surface area contributed by atoms with E-state index in [0.717, 1.165) is 65.3 Å². The Bertz CT molecular complexity index is 2930. The number of sulfone groups is 2. The molecule has 2 saturated heterocycles. The molecule has 0 N–H and O–H groups in total. The Morgan fingerprint density at radius 1 is 0.800 bits per heavy atom. The molecule has 5 aromatic rings. The number of phosphoric acid groups is 1. The molecule has 0 bridgehead atoms. The Kier molecular flexibility index (Phi) is 20.1. The smallest absolute Gasteiger partial charge is 0.379 e. The highest BCUT2D eigenvalue weighted by atomic mass is 35.5. The van der Waals surface area contributed by atoms with Gasteiger partial charge in [0.05, 0.1) is 40.3 Å². The molecule has 0 unspecified atom stereocenters. The first kappa shape index (κ1) is 58.8. The Hall–Kier alpha value is -3.90. The monoisotopic (exact) mass is 1120 g/mol. The number of ketones is 1. The van der Waals surface area contributed by atoms with Crippen molar-refractivity contribution in [2.45, 2.75) is 99.2 Å². The molecule has 0 aromatic heterocycles. The van der Waals surface area contributed by atoms with Crippen molar-refractivity contribution in [1.82, 2.24) is 4.90 Å². The molecule has 2 aliphatic heterocycles. The fraction of sp³-hybridized carbons (Fsp3) is 0.456. The van der Waals surface area contributed by atoms with Crippen LogP contribution in [0.15, 0.2) is 136 Å². The minimum absolute atomic E-state index is 0.00789. The van der Waals surface area contributed by atoms with Crippen molar-refractivity contribution in [3.05, 3.63) is 143 Å². The van der Waals surface area contributed by atoms with Crippen LogP contribution in [-0.2, 0) is 53.7 Å². The van der Waals surface area contributed by atoms with Crippen LogP contribution >= 0.6 is 31.2 Å². The normalized spacial score (nSPS) is 16.5. The number of Topliss-reactive ketones (excluding diaryl/α,β-unsaturated/α-hetero) is 1. The molecule has 75 heavy (non-hydrogen) atoms. The van der Waals surface area contributed by atoms with Gasteiger partial charge in [0.2, 0.25) is 0 Å². The Balaban J connectivity index is 1.02. The molecular formula is C57H72ClN2O11PS3. The summed E-state index contributed by atoms with van der Waals surface area (Å²) in [6.07, 6.45) is 3.32. The second-order valence-corrected chi connectivity index (χ2v) is 28.3. The number of hydrogen-bond acceptors (Lipinski definition) is 14. The van der Waals surface area contributed by atoms with E-state index >= 15 is 0 Å². The number of carbonyl (C=O) groups excluding carboxylic acids is 1. The van der Waals surface area contributed by atoms with Crippen LogP contribution in [0.5, 0.6) is 0 Å². The summed E-state index contributed by atoms with van der Waals surface area (Å²) in [4.78, 5) is 19.1. The summed E-state index contributed by atoms with van der Waals surface area (Å²) in [7, 11) is -12.2. The average molecular weight is 1120 g/mol. The zero-order valence-electron chi connectivity index (χ0n) is 44.1. The van der Waals surface area contributed by atoms with E-state index in [0.29, 0.717) is 56.2 Å². The number of hydrogen-bond donors (Lipinski definition) is 0. The van der Waals surface area contributed by atoms with E-state index in [-0.39, 0.29) is 34.0 Å². The van der Waals surface area contributed by atoms with Gasteiger partial charge in [0.1, 0.15) is 5.75 Å². The standard InChI is InChI=1S/C57H72ClN2O11PS3/c1-56(2,3)70-72(62,71-57(4,5)6)69-41-68-55(52-16-12-11-15-51(52)43-17-22-47(58)23-18-43)45-28-31-60(32-29-45)48-24-19-44(20-25-48)53(61)40-75(65,66)50-26-21-46(54(38-50)74(7,63)64)37-42(27-30-59-33-35-67-36-34-59)39-73-49-13-9-8-10-14-49/h8-26,38,42,45,55H,27-37,39-41H2,1-7H3/t42-,55+/m0/s1. The van der Waals surface area contributed by atoms with Crippen molar-refractivity contribution in [3.8, 4) is 11.1 Å². The molecule has 0 aliphatic carbocycles. The molecule has 0 spiro atoms. The van der Waals surface area contributed by atoms with Gasteiger partial charge in [-0.1, -0.05) is 72.3 Å². The van der Waals surface area contributed by atoms with Crippen LogP contribution in [0.1, 0.15) is 88.4 Å². The maximum absolute atomic E-state index is 14.0. The first-order chi connectivity index (χ1) is 35.4. The molecule has 406 valence electrons. The number of ether oxygens (including phenoxy) is 2. The van der Waals surface area contributed by atoms with Crippen molar-refractivity contribution < 1.29 is 49.2 Å². The minimum atomic E-state index is -4.23. The SMILES string of the molecule is CC(C)(C)OP(=O)(OCO[C@@H](c1ccccc1-c1ccc(Cl)cc1)C1CCN(c2ccc(C(=O)CS(=O)(=O)c3ccc(C[C@H](CCN4CCOCC4)CSc4ccccc4)c(S(C)(=O)=O)c3)cc2)CC1)OC(C)(C)C. The van der Waals surface area contributed by atoms with Crippen LogP contribution in [0, 0.1) is 11.8 Å². The van der Waals surface area contributed by atoms with E-state index < -0.39 is 56.3 Å². The van der Waals surface area contributed by atoms with E-state index in [1.165, 1.54) is 12.1 Å². The first-order valence-electron chi connectivity index (χ1n) is 25.5. The van der Waals surface area contributed by atoms with Crippen LogP contribution < -0.4 is 4.90 Å². The largest absolute Gasteiger partial charge is 0.477 e. The molecule has 5 aromatic carbocycles. The third-order valence-electron chi connectivity index (χ3n) is 13.0. The van der Waals surface area contributed by atoms with E-state index in [1.54, 1.807) is 71.5 Å². The van der Waals surface area contributed by atoms with Crippen LogP contribution in [0.2, 0.25) is 5.02 Å². The fourth-order valence-corrected chi connectivity index (χ4v) is 14.6. The summed E-state index contributed by atoms with van der Waals surface area (Å²) < 4.78 is 98.3. The van der Waals surface area contributed by atoms with Gasteiger partial charge in [-0.05, 0) is 169 Å². The number of nitrogens with zero attached hydrogens (tertiary/aromatic N) is 2. The molecule has 2 fully saturated rings.